The van der Waals surface area contributed by atoms with E-state index in [-0.39, 0.29) is 18.2 Å². The molecule has 0 unspecified atom stereocenters. The van der Waals surface area contributed by atoms with Crippen molar-refractivity contribution in [1.29, 1.82) is 0 Å². The zero-order valence-electron chi connectivity index (χ0n) is 17.6. The summed E-state index contributed by atoms with van der Waals surface area (Å²) in [6.07, 6.45) is 2.25. The molecule has 2 aromatic carbocycles. The van der Waals surface area contributed by atoms with Crippen molar-refractivity contribution in [2.45, 2.75) is 44.2 Å². The van der Waals surface area contributed by atoms with Gasteiger partial charge in [-0.05, 0) is 48.4 Å². The first-order chi connectivity index (χ1) is 14.9. The number of imide groups is 1. The molecule has 2 aromatic rings. The molecule has 0 aliphatic carbocycles. The van der Waals surface area contributed by atoms with Crippen molar-refractivity contribution in [2.24, 2.45) is 0 Å². The van der Waals surface area contributed by atoms with Crippen LogP contribution in [-0.4, -0.2) is 42.7 Å². The average molecular weight is 488 g/mol. The number of amides is 2. The van der Waals surface area contributed by atoms with Crippen LogP contribution in [0, 0.1) is 0 Å². The van der Waals surface area contributed by atoms with Gasteiger partial charge in [-0.3, -0.25) is 9.59 Å². The summed E-state index contributed by atoms with van der Waals surface area (Å²) in [7, 11) is 0. The quantitative estimate of drug-likeness (QED) is 0.613. The summed E-state index contributed by atoms with van der Waals surface area (Å²) in [5.41, 5.74) is 0.601. The van der Waals surface area contributed by atoms with E-state index in [9.17, 15) is 14.7 Å². The number of nitrogens with one attached hydrogen (secondary N) is 1. The highest BCUT2D eigenvalue weighted by molar-refractivity contribution is 9.10. The Hall–Kier alpha value is -2.22. The topological polar surface area (TPSA) is 71.3 Å². The van der Waals surface area contributed by atoms with Crippen molar-refractivity contribution in [3.8, 4) is 5.75 Å². The van der Waals surface area contributed by atoms with Gasteiger partial charge in [0, 0.05) is 17.3 Å². The normalized spacial score (nSPS) is 26.4. The Morgan fingerprint density at radius 1 is 1.10 bits per heavy atom. The number of rotatable bonds is 6. The number of benzene rings is 2. The van der Waals surface area contributed by atoms with E-state index in [1.165, 1.54) is 4.90 Å². The van der Waals surface area contributed by atoms with Crippen molar-refractivity contribution in [1.82, 2.24) is 0 Å². The number of hydrogen-bond acceptors (Lipinski definition) is 4. The number of likely N-dealkylation sites (tertiary alicyclic amines) is 1. The Morgan fingerprint density at radius 2 is 1.74 bits per heavy atom. The highest BCUT2D eigenvalue weighted by Gasteiger charge is 2.48. The van der Waals surface area contributed by atoms with Crippen LogP contribution in [-0.2, 0) is 15.2 Å². The zero-order valence-corrected chi connectivity index (χ0v) is 19.2. The van der Waals surface area contributed by atoms with E-state index >= 15 is 0 Å². The SMILES string of the molecule is CCCOc1ccc(N2C(=O)C[C@@H]([NH+]3CCC(O)(c4ccc(Br)cc4)CC3)C2=O)cc1. The largest absolute Gasteiger partial charge is 0.494 e. The first-order valence-corrected chi connectivity index (χ1v) is 11.6. The number of hydrogen-bond donors (Lipinski definition) is 2. The summed E-state index contributed by atoms with van der Waals surface area (Å²) >= 11 is 3.43. The minimum absolute atomic E-state index is 0.156. The van der Waals surface area contributed by atoms with Gasteiger partial charge in [-0.15, -0.1) is 0 Å². The first kappa shape index (κ1) is 22.0. The number of halogens is 1. The molecule has 2 fully saturated rings. The molecule has 0 radical (unpaired) electrons. The Balaban J connectivity index is 1.42. The van der Waals surface area contributed by atoms with Crippen LogP contribution in [0.1, 0.15) is 38.2 Å². The molecule has 2 heterocycles. The van der Waals surface area contributed by atoms with E-state index in [1.54, 1.807) is 24.3 Å². The van der Waals surface area contributed by atoms with Crippen molar-refractivity contribution >= 4 is 33.4 Å². The minimum Gasteiger partial charge on any atom is -0.494 e. The number of carbonyl (C=O) groups is 2. The molecule has 2 N–H and O–H groups in total. The highest BCUT2D eigenvalue weighted by atomic mass is 79.9. The van der Waals surface area contributed by atoms with E-state index in [4.69, 9.17) is 4.74 Å². The van der Waals surface area contributed by atoms with E-state index in [0.29, 0.717) is 38.2 Å². The molecule has 0 saturated carbocycles. The second-order valence-electron chi connectivity index (χ2n) is 8.36. The fourth-order valence-corrected chi connectivity index (χ4v) is 4.78. The summed E-state index contributed by atoms with van der Waals surface area (Å²) in [5, 5.41) is 11.1. The number of piperidine rings is 1. The number of ether oxygens (including phenoxy) is 1. The van der Waals surface area contributed by atoms with E-state index in [2.05, 4.69) is 15.9 Å². The molecule has 31 heavy (non-hydrogen) atoms. The molecule has 0 bridgehead atoms. The Morgan fingerprint density at radius 3 is 2.35 bits per heavy atom. The number of aliphatic hydroxyl groups is 1. The maximum absolute atomic E-state index is 13.1. The van der Waals surface area contributed by atoms with Crippen LogP contribution in [0.2, 0.25) is 0 Å². The third kappa shape index (κ3) is 4.54. The van der Waals surface area contributed by atoms with Gasteiger partial charge in [0.05, 0.1) is 31.8 Å². The van der Waals surface area contributed by atoms with E-state index in [1.807, 2.05) is 31.2 Å². The van der Waals surface area contributed by atoms with Crippen LogP contribution in [0.5, 0.6) is 5.75 Å². The fourth-order valence-electron chi connectivity index (χ4n) is 4.52. The average Bonchev–Trinajstić information content (AvgIpc) is 3.07. The molecule has 0 spiro atoms. The number of carbonyl (C=O) groups excluding carboxylic acids is 2. The van der Waals surface area contributed by atoms with Crippen LogP contribution < -0.4 is 14.5 Å². The fraction of sp³-hybridized carbons (Fsp3) is 0.417. The Labute approximate surface area is 190 Å². The summed E-state index contributed by atoms with van der Waals surface area (Å²) in [4.78, 5) is 28.2. The predicted octanol–water partition coefficient (Wildman–Crippen LogP) is 2.44. The lowest BCUT2D eigenvalue weighted by Gasteiger charge is -2.38. The lowest BCUT2D eigenvalue weighted by molar-refractivity contribution is -0.922. The highest BCUT2D eigenvalue weighted by Crippen LogP contribution is 2.31. The molecule has 4 rings (SSSR count). The molecule has 164 valence electrons. The Kier molecular flexibility index (Phi) is 6.46. The number of quaternary nitrogens is 1. The molecule has 6 nitrogen and oxygen atoms in total. The summed E-state index contributed by atoms with van der Waals surface area (Å²) < 4.78 is 6.56. The van der Waals surface area contributed by atoms with Gasteiger partial charge >= 0.3 is 0 Å². The molecule has 2 saturated heterocycles. The molecular formula is C24H28BrN2O4+. The smallest absolute Gasteiger partial charge is 0.292 e. The summed E-state index contributed by atoms with van der Waals surface area (Å²) in [5.74, 6) is 0.407. The second-order valence-corrected chi connectivity index (χ2v) is 9.28. The van der Waals surface area contributed by atoms with Gasteiger partial charge < -0.3 is 14.7 Å². The third-order valence-corrected chi connectivity index (χ3v) is 6.84. The van der Waals surface area contributed by atoms with Crippen molar-refractivity contribution in [3.63, 3.8) is 0 Å². The molecule has 0 aromatic heterocycles. The summed E-state index contributed by atoms with van der Waals surface area (Å²) in [6.45, 7) is 3.97. The molecule has 2 aliphatic rings. The monoisotopic (exact) mass is 487 g/mol. The maximum atomic E-state index is 13.1. The molecule has 1 atom stereocenters. The van der Waals surface area contributed by atoms with Crippen LogP contribution in [0.15, 0.2) is 53.0 Å². The standard InChI is InChI=1S/C24H27BrN2O4/c1-2-15-31-20-9-7-19(8-10-20)27-22(28)16-21(23(27)29)26-13-11-24(30,12-14-26)17-3-5-18(25)6-4-17/h3-10,21,30H,2,11-16H2,1H3/p+1/t21-/m1/s1. The van der Waals surface area contributed by atoms with Crippen LogP contribution >= 0.6 is 15.9 Å². The lowest BCUT2D eigenvalue weighted by Crippen LogP contribution is -3.18. The third-order valence-electron chi connectivity index (χ3n) is 6.31. The van der Waals surface area contributed by atoms with Crippen LogP contribution in [0.4, 0.5) is 5.69 Å². The number of nitrogens with zero attached hydrogens (tertiary/aromatic N) is 1. The molecule has 2 amide bonds. The van der Waals surface area contributed by atoms with Gasteiger partial charge in [0.15, 0.2) is 6.04 Å². The first-order valence-electron chi connectivity index (χ1n) is 10.8. The predicted molar refractivity (Wildman–Crippen MR) is 121 cm³/mol. The van der Waals surface area contributed by atoms with E-state index in [0.717, 1.165) is 27.1 Å². The van der Waals surface area contributed by atoms with Gasteiger partial charge in [0.2, 0.25) is 5.91 Å². The second kappa shape index (κ2) is 9.10. The molecule has 7 heteroatoms. The van der Waals surface area contributed by atoms with Gasteiger partial charge in [-0.1, -0.05) is 35.0 Å². The maximum Gasteiger partial charge on any atom is 0.292 e. The van der Waals surface area contributed by atoms with Crippen molar-refractivity contribution in [3.05, 3.63) is 58.6 Å². The van der Waals surface area contributed by atoms with Crippen molar-refractivity contribution < 1.29 is 24.3 Å². The lowest BCUT2D eigenvalue weighted by atomic mass is 9.84. The minimum atomic E-state index is -0.885. The molecule has 2 aliphatic heterocycles. The van der Waals surface area contributed by atoms with Crippen LogP contribution in [0.3, 0.4) is 0 Å². The van der Waals surface area contributed by atoms with Gasteiger partial charge in [-0.2, -0.15) is 0 Å². The zero-order chi connectivity index (χ0) is 22.0. The van der Waals surface area contributed by atoms with Gasteiger partial charge in [0.25, 0.3) is 5.91 Å². The Bertz CT molecular complexity index is 937. The number of anilines is 1. The van der Waals surface area contributed by atoms with Gasteiger partial charge in [-0.25, -0.2) is 4.90 Å². The molecular weight excluding hydrogens is 460 g/mol. The van der Waals surface area contributed by atoms with Crippen LogP contribution in [0.25, 0.3) is 0 Å². The van der Waals surface area contributed by atoms with E-state index < -0.39 is 11.6 Å². The van der Waals surface area contributed by atoms with Gasteiger partial charge in [0.1, 0.15) is 11.4 Å². The summed E-state index contributed by atoms with van der Waals surface area (Å²) in [6, 6.07) is 14.5. The van der Waals surface area contributed by atoms with Crippen molar-refractivity contribution in [2.75, 3.05) is 24.6 Å².